The summed E-state index contributed by atoms with van der Waals surface area (Å²) in [5.74, 6) is 0. The number of rotatable bonds is 4. The second-order valence-electron chi connectivity index (χ2n) is 7.96. The van der Waals surface area contributed by atoms with Crippen molar-refractivity contribution in [3.8, 4) is 11.1 Å². The van der Waals surface area contributed by atoms with Gasteiger partial charge in [-0.05, 0) is 43.6 Å². The van der Waals surface area contributed by atoms with E-state index in [-0.39, 0.29) is 0 Å². The molecule has 3 aromatic rings. The summed E-state index contributed by atoms with van der Waals surface area (Å²) in [5, 5.41) is 13.1. The van der Waals surface area contributed by atoms with Crippen LogP contribution in [0.2, 0.25) is 0 Å². The molecule has 1 atom stereocenters. The Bertz CT molecular complexity index is 973. The topological polar surface area (TPSA) is 26.7 Å². The largest absolute Gasteiger partial charge is 0.380 e. The highest BCUT2D eigenvalue weighted by atomic mass is 32.1. The summed E-state index contributed by atoms with van der Waals surface area (Å²) in [6.07, 6.45) is 1.80. The molecule has 1 aromatic heterocycles. The van der Waals surface area contributed by atoms with Gasteiger partial charge in [0, 0.05) is 46.7 Å². The van der Waals surface area contributed by atoms with Gasteiger partial charge in [-0.15, -0.1) is 11.3 Å². The van der Waals surface area contributed by atoms with E-state index in [4.69, 9.17) is 0 Å². The van der Waals surface area contributed by atoms with Gasteiger partial charge in [-0.2, -0.15) is 0 Å². The molecule has 27 heavy (non-hydrogen) atoms. The van der Waals surface area contributed by atoms with Gasteiger partial charge in [0.2, 0.25) is 0 Å². The molecule has 4 heteroatoms. The third-order valence-corrected chi connectivity index (χ3v) is 7.54. The van der Waals surface area contributed by atoms with E-state index >= 15 is 0 Å². The Labute approximate surface area is 164 Å². The summed E-state index contributed by atoms with van der Waals surface area (Å²) in [7, 11) is 2.19. The summed E-state index contributed by atoms with van der Waals surface area (Å²) < 4.78 is 1.27. The number of hydrogen-bond donors (Lipinski definition) is 1. The summed E-state index contributed by atoms with van der Waals surface area (Å²) in [5.41, 5.74) is 2.72. The number of nitrogens with zero attached hydrogens (tertiary/aromatic N) is 2. The smallest absolute Gasteiger partial charge is 0.125 e. The minimum Gasteiger partial charge on any atom is -0.380 e. The molecule has 2 aliphatic rings. The molecule has 0 radical (unpaired) electrons. The van der Waals surface area contributed by atoms with E-state index in [1.807, 2.05) is 0 Å². The first-order chi connectivity index (χ1) is 13.2. The Morgan fingerprint density at radius 2 is 1.74 bits per heavy atom. The molecule has 1 unspecified atom stereocenters. The van der Waals surface area contributed by atoms with Gasteiger partial charge in [0.1, 0.15) is 5.60 Å². The van der Waals surface area contributed by atoms with Crippen LogP contribution in [0.5, 0.6) is 0 Å². The first-order valence-corrected chi connectivity index (χ1v) is 10.7. The van der Waals surface area contributed by atoms with Crippen LogP contribution in [0.1, 0.15) is 23.3 Å². The average molecular weight is 379 g/mol. The fourth-order valence-corrected chi connectivity index (χ4v) is 6.02. The van der Waals surface area contributed by atoms with Gasteiger partial charge in [0.05, 0.1) is 0 Å². The molecular formula is C23H26N2OS. The van der Waals surface area contributed by atoms with Crippen LogP contribution in [-0.2, 0) is 5.60 Å². The van der Waals surface area contributed by atoms with E-state index in [0.29, 0.717) is 0 Å². The zero-order chi connectivity index (χ0) is 18.4. The number of piperazine rings is 1. The van der Waals surface area contributed by atoms with Crippen molar-refractivity contribution in [2.75, 3.05) is 39.8 Å². The van der Waals surface area contributed by atoms with Crippen molar-refractivity contribution in [1.29, 1.82) is 0 Å². The van der Waals surface area contributed by atoms with Crippen molar-refractivity contribution in [2.45, 2.75) is 18.4 Å². The molecule has 2 heterocycles. The SMILES string of the molecule is CN1CCN(CCCC2(O)c3ccccc3-c3c2sc2ccccc32)CC1. The lowest BCUT2D eigenvalue weighted by molar-refractivity contribution is 0.0692. The lowest BCUT2D eigenvalue weighted by atomic mass is 9.91. The van der Waals surface area contributed by atoms with Crippen LogP contribution in [0.3, 0.4) is 0 Å². The molecule has 0 spiro atoms. The Morgan fingerprint density at radius 3 is 2.59 bits per heavy atom. The first-order valence-electron chi connectivity index (χ1n) is 9.92. The fourth-order valence-electron chi connectivity index (χ4n) is 4.67. The zero-order valence-electron chi connectivity index (χ0n) is 15.8. The van der Waals surface area contributed by atoms with E-state index in [1.54, 1.807) is 11.3 Å². The Kier molecular flexibility index (Phi) is 4.32. The zero-order valence-corrected chi connectivity index (χ0v) is 16.6. The van der Waals surface area contributed by atoms with Gasteiger partial charge >= 0.3 is 0 Å². The summed E-state index contributed by atoms with van der Waals surface area (Å²) in [6.45, 7) is 5.64. The van der Waals surface area contributed by atoms with E-state index in [9.17, 15) is 5.11 Å². The van der Waals surface area contributed by atoms with Crippen molar-refractivity contribution in [3.05, 3.63) is 59.0 Å². The number of likely N-dealkylation sites (N-methyl/N-ethyl adjacent to an activating group) is 1. The van der Waals surface area contributed by atoms with Gasteiger partial charge < -0.3 is 14.9 Å². The highest BCUT2D eigenvalue weighted by molar-refractivity contribution is 7.20. The number of hydrogen-bond acceptors (Lipinski definition) is 4. The van der Waals surface area contributed by atoms with Crippen LogP contribution in [0.4, 0.5) is 0 Å². The minimum atomic E-state index is -0.845. The van der Waals surface area contributed by atoms with Gasteiger partial charge in [-0.1, -0.05) is 42.5 Å². The van der Waals surface area contributed by atoms with Crippen molar-refractivity contribution in [3.63, 3.8) is 0 Å². The van der Waals surface area contributed by atoms with Gasteiger partial charge in [0.15, 0.2) is 0 Å². The molecule has 1 fully saturated rings. The third-order valence-electron chi connectivity index (χ3n) is 6.22. The molecule has 0 saturated carbocycles. The van der Waals surface area contributed by atoms with Crippen molar-refractivity contribution in [1.82, 2.24) is 9.80 Å². The molecule has 1 N–H and O–H groups in total. The van der Waals surface area contributed by atoms with Gasteiger partial charge in [0.25, 0.3) is 0 Å². The van der Waals surface area contributed by atoms with Crippen LogP contribution in [-0.4, -0.2) is 54.7 Å². The van der Waals surface area contributed by atoms with Crippen LogP contribution >= 0.6 is 11.3 Å². The van der Waals surface area contributed by atoms with Crippen molar-refractivity contribution < 1.29 is 5.11 Å². The van der Waals surface area contributed by atoms with Crippen LogP contribution in [0, 0.1) is 0 Å². The number of aliphatic hydroxyl groups is 1. The van der Waals surface area contributed by atoms with E-state index in [2.05, 4.69) is 65.4 Å². The molecule has 5 rings (SSSR count). The molecule has 1 saturated heterocycles. The second kappa shape index (κ2) is 6.71. The molecular weight excluding hydrogens is 352 g/mol. The quantitative estimate of drug-likeness (QED) is 0.739. The maximum Gasteiger partial charge on any atom is 0.125 e. The Balaban J connectivity index is 1.45. The highest BCUT2D eigenvalue weighted by Crippen LogP contribution is 2.55. The lowest BCUT2D eigenvalue weighted by Crippen LogP contribution is -2.44. The van der Waals surface area contributed by atoms with Gasteiger partial charge in [-0.3, -0.25) is 0 Å². The number of thiophene rings is 1. The minimum absolute atomic E-state index is 0.788. The average Bonchev–Trinajstić information content (AvgIpc) is 3.19. The molecule has 2 aromatic carbocycles. The van der Waals surface area contributed by atoms with Crippen LogP contribution < -0.4 is 0 Å². The van der Waals surface area contributed by atoms with Crippen LogP contribution in [0.15, 0.2) is 48.5 Å². The Morgan fingerprint density at radius 1 is 1.00 bits per heavy atom. The number of benzene rings is 2. The van der Waals surface area contributed by atoms with E-state index < -0.39 is 5.60 Å². The molecule has 0 bridgehead atoms. The van der Waals surface area contributed by atoms with Gasteiger partial charge in [-0.25, -0.2) is 0 Å². The summed E-state index contributed by atoms with van der Waals surface area (Å²) in [6, 6.07) is 17.0. The molecule has 140 valence electrons. The van der Waals surface area contributed by atoms with Crippen LogP contribution in [0.25, 0.3) is 21.2 Å². The fraction of sp³-hybridized carbons (Fsp3) is 0.391. The second-order valence-corrected chi connectivity index (χ2v) is 9.01. The van der Waals surface area contributed by atoms with Crippen molar-refractivity contribution in [2.24, 2.45) is 0 Å². The molecule has 0 amide bonds. The summed E-state index contributed by atoms with van der Waals surface area (Å²) >= 11 is 1.77. The monoisotopic (exact) mass is 378 g/mol. The molecule has 1 aliphatic carbocycles. The predicted octanol–water partition coefficient (Wildman–Crippen LogP) is 4.15. The molecule has 1 aliphatic heterocycles. The highest BCUT2D eigenvalue weighted by Gasteiger charge is 2.43. The standard InChI is InChI=1S/C23H26N2OS/c1-24-13-15-25(16-14-24)12-6-11-23(26)19-9-4-2-7-17(19)21-18-8-3-5-10-20(18)27-22(21)23/h2-5,7-10,26H,6,11-16H2,1H3. The normalized spacial score (nSPS) is 22.9. The lowest BCUT2D eigenvalue weighted by Gasteiger charge is -2.33. The summed E-state index contributed by atoms with van der Waals surface area (Å²) in [4.78, 5) is 6.07. The Hall–Kier alpha value is -1.72. The number of fused-ring (bicyclic) bond motifs is 5. The van der Waals surface area contributed by atoms with Crippen molar-refractivity contribution >= 4 is 21.4 Å². The predicted molar refractivity (Wildman–Crippen MR) is 113 cm³/mol. The maximum absolute atomic E-state index is 11.9. The maximum atomic E-state index is 11.9. The third kappa shape index (κ3) is 2.83. The first kappa shape index (κ1) is 17.4. The molecule has 3 nitrogen and oxygen atoms in total. The van der Waals surface area contributed by atoms with E-state index in [1.165, 1.54) is 21.2 Å². The van der Waals surface area contributed by atoms with E-state index in [0.717, 1.165) is 56.0 Å².